The van der Waals surface area contributed by atoms with Crippen LogP contribution in [-0.2, 0) is 16.6 Å². The average molecular weight is 266 g/mol. The fourth-order valence-corrected chi connectivity index (χ4v) is 3.84. The van der Waals surface area contributed by atoms with E-state index in [9.17, 15) is 4.79 Å². The number of carbonyl (C=O) groups excluding carboxylic acids is 1. The molecule has 3 heteroatoms. The van der Waals surface area contributed by atoms with Gasteiger partial charge in [-0.2, -0.15) is 0 Å². The molecule has 0 radical (unpaired) electrons. The molecule has 0 aromatic carbocycles. The Hall–Kier alpha value is -1.95. The number of allylic oxidation sites excluding steroid dienone is 2. The van der Waals surface area contributed by atoms with Gasteiger partial charge in [-0.1, -0.05) is 26.0 Å². The van der Waals surface area contributed by atoms with Gasteiger partial charge in [-0.25, -0.2) is 4.85 Å². The Balaban J connectivity index is 2.25. The Morgan fingerprint density at radius 2 is 2.20 bits per heavy atom. The summed E-state index contributed by atoms with van der Waals surface area (Å²) >= 11 is 0. The predicted molar refractivity (Wildman–Crippen MR) is 77.0 cm³/mol. The number of ketones is 1. The minimum absolute atomic E-state index is 0.00132. The highest BCUT2D eigenvalue weighted by Gasteiger charge is 2.48. The first-order chi connectivity index (χ1) is 9.47. The molecule has 0 unspecified atom stereocenters. The summed E-state index contributed by atoms with van der Waals surface area (Å²) in [6.45, 7) is 13.3. The van der Waals surface area contributed by atoms with Crippen LogP contribution in [0.1, 0.15) is 37.2 Å². The Bertz CT molecular complexity index is 668. The lowest BCUT2D eigenvalue weighted by molar-refractivity contribution is -0.121. The predicted octanol–water partition coefficient (Wildman–Crippen LogP) is 3.23. The third kappa shape index (κ3) is 1.64. The number of rotatable bonds is 0. The van der Waals surface area contributed by atoms with Crippen LogP contribution in [0, 0.1) is 25.3 Å². The minimum Gasteiger partial charge on any atom is -0.308 e. The molecule has 1 aromatic rings. The van der Waals surface area contributed by atoms with Gasteiger partial charge in [-0.15, -0.1) is 0 Å². The van der Waals surface area contributed by atoms with Crippen LogP contribution in [0.25, 0.3) is 4.85 Å². The SMILES string of the molecule is [C-]#[N+]C1=C[C@]2(C)c3nc(C)ccc3CC[C@H]2[C@H](C)C1=O. The van der Waals surface area contributed by atoms with Gasteiger partial charge in [0.1, 0.15) is 0 Å². The fourth-order valence-electron chi connectivity index (χ4n) is 3.84. The highest BCUT2D eigenvalue weighted by atomic mass is 16.1. The highest BCUT2D eigenvalue weighted by Crippen LogP contribution is 2.49. The van der Waals surface area contributed by atoms with Crippen molar-refractivity contribution in [2.24, 2.45) is 11.8 Å². The van der Waals surface area contributed by atoms with Gasteiger partial charge in [-0.3, -0.25) is 4.98 Å². The van der Waals surface area contributed by atoms with Crippen LogP contribution in [0.15, 0.2) is 23.9 Å². The van der Waals surface area contributed by atoms with Crippen LogP contribution in [0.4, 0.5) is 0 Å². The first-order valence-corrected chi connectivity index (χ1v) is 7.09. The van der Waals surface area contributed by atoms with Crippen LogP contribution in [0.2, 0.25) is 0 Å². The van der Waals surface area contributed by atoms with Gasteiger partial charge >= 0.3 is 0 Å². The first kappa shape index (κ1) is 13.1. The van der Waals surface area contributed by atoms with Crippen molar-refractivity contribution in [3.63, 3.8) is 0 Å². The molecule has 3 rings (SSSR count). The number of Topliss-reactive ketones (excluding diaryl/α,β-unsaturated/α-hetero) is 1. The topological polar surface area (TPSA) is 34.3 Å². The van der Waals surface area contributed by atoms with Crippen molar-refractivity contribution < 1.29 is 4.79 Å². The van der Waals surface area contributed by atoms with E-state index in [0.717, 1.165) is 24.2 Å². The summed E-state index contributed by atoms with van der Waals surface area (Å²) in [6.07, 6.45) is 3.84. The minimum atomic E-state index is -0.285. The Morgan fingerprint density at radius 1 is 1.45 bits per heavy atom. The number of aryl methyl sites for hydroxylation is 2. The number of pyridine rings is 1. The van der Waals surface area contributed by atoms with Crippen molar-refractivity contribution in [1.82, 2.24) is 4.98 Å². The third-order valence-corrected chi connectivity index (χ3v) is 4.95. The van der Waals surface area contributed by atoms with Gasteiger partial charge in [0.05, 0.1) is 12.3 Å². The molecular weight excluding hydrogens is 248 g/mol. The van der Waals surface area contributed by atoms with Crippen molar-refractivity contribution in [2.75, 3.05) is 0 Å². The molecule has 0 bridgehead atoms. The van der Waals surface area contributed by atoms with Gasteiger partial charge in [0.2, 0.25) is 5.70 Å². The second-order valence-corrected chi connectivity index (χ2v) is 6.18. The Morgan fingerprint density at radius 3 is 2.90 bits per heavy atom. The number of fused-ring (bicyclic) bond motifs is 3. The molecule has 20 heavy (non-hydrogen) atoms. The molecule has 102 valence electrons. The molecule has 0 fully saturated rings. The van der Waals surface area contributed by atoms with E-state index in [1.165, 1.54) is 5.56 Å². The zero-order valence-corrected chi connectivity index (χ0v) is 12.1. The van der Waals surface area contributed by atoms with Crippen LogP contribution in [-0.4, -0.2) is 10.8 Å². The third-order valence-electron chi connectivity index (χ3n) is 4.95. The molecule has 2 aliphatic carbocycles. The standard InChI is InChI=1S/C17H18N2O/c1-10-5-6-12-7-8-13-11(2)15(20)14(18-4)9-17(13,3)16(12)19-10/h5-6,9,11,13H,7-8H2,1-3H3/t11-,13-,17-/m0/s1. The molecule has 3 atom stereocenters. The number of hydrogen-bond donors (Lipinski definition) is 0. The summed E-state index contributed by atoms with van der Waals surface area (Å²) < 4.78 is 0. The molecular formula is C17H18N2O. The smallest absolute Gasteiger partial charge is 0.226 e. The highest BCUT2D eigenvalue weighted by molar-refractivity contribution is 6.00. The van der Waals surface area contributed by atoms with E-state index in [2.05, 4.69) is 17.8 Å². The lowest BCUT2D eigenvalue weighted by Gasteiger charge is -2.45. The normalized spacial score (nSPS) is 31.9. The molecule has 1 heterocycles. The molecule has 0 N–H and O–H groups in total. The van der Waals surface area contributed by atoms with E-state index < -0.39 is 0 Å². The first-order valence-electron chi connectivity index (χ1n) is 7.09. The van der Waals surface area contributed by atoms with E-state index >= 15 is 0 Å². The lowest BCUT2D eigenvalue weighted by atomic mass is 9.58. The van der Waals surface area contributed by atoms with E-state index in [0.29, 0.717) is 0 Å². The molecule has 0 saturated heterocycles. The van der Waals surface area contributed by atoms with Gasteiger partial charge in [0.25, 0.3) is 0 Å². The summed E-state index contributed by atoms with van der Waals surface area (Å²) in [6, 6.07) is 4.19. The molecule has 2 aliphatic rings. The van der Waals surface area contributed by atoms with E-state index in [-0.39, 0.29) is 28.7 Å². The molecule has 0 saturated carbocycles. The summed E-state index contributed by atoms with van der Waals surface area (Å²) in [5, 5.41) is 0. The molecule has 0 aliphatic heterocycles. The van der Waals surface area contributed by atoms with Crippen LogP contribution in [0.5, 0.6) is 0 Å². The van der Waals surface area contributed by atoms with Crippen molar-refractivity contribution in [1.29, 1.82) is 0 Å². The van der Waals surface area contributed by atoms with Crippen molar-refractivity contribution >= 4 is 5.78 Å². The number of nitrogens with zero attached hydrogens (tertiary/aromatic N) is 2. The van der Waals surface area contributed by atoms with Gasteiger partial charge in [0, 0.05) is 17.0 Å². The van der Waals surface area contributed by atoms with Gasteiger partial charge < -0.3 is 4.79 Å². The maximum atomic E-state index is 12.2. The number of aromatic nitrogens is 1. The van der Waals surface area contributed by atoms with Gasteiger partial charge in [-0.05, 0) is 37.3 Å². The van der Waals surface area contributed by atoms with Crippen molar-refractivity contribution in [3.8, 4) is 0 Å². The van der Waals surface area contributed by atoms with E-state index in [1.807, 2.05) is 26.0 Å². The zero-order chi connectivity index (χ0) is 14.5. The largest absolute Gasteiger partial charge is 0.308 e. The molecule has 0 spiro atoms. The Kier molecular flexibility index (Phi) is 2.79. The summed E-state index contributed by atoms with van der Waals surface area (Å²) in [5.74, 6) is 0.158. The average Bonchev–Trinajstić information content (AvgIpc) is 2.43. The quantitative estimate of drug-likeness (QED) is 0.676. The van der Waals surface area contributed by atoms with Crippen molar-refractivity contribution in [2.45, 2.75) is 39.0 Å². The fraction of sp³-hybridized carbons (Fsp3) is 0.471. The maximum absolute atomic E-state index is 12.2. The van der Waals surface area contributed by atoms with Crippen LogP contribution < -0.4 is 0 Å². The summed E-state index contributed by atoms with van der Waals surface area (Å²) in [4.78, 5) is 20.4. The second-order valence-electron chi connectivity index (χ2n) is 6.18. The van der Waals surface area contributed by atoms with E-state index in [4.69, 9.17) is 11.6 Å². The molecule has 0 amide bonds. The van der Waals surface area contributed by atoms with E-state index in [1.54, 1.807) is 0 Å². The van der Waals surface area contributed by atoms with Crippen LogP contribution in [0.3, 0.4) is 0 Å². The van der Waals surface area contributed by atoms with Crippen LogP contribution >= 0.6 is 0 Å². The molecule has 3 nitrogen and oxygen atoms in total. The zero-order valence-electron chi connectivity index (χ0n) is 12.1. The van der Waals surface area contributed by atoms with Crippen molar-refractivity contribution in [3.05, 3.63) is 52.3 Å². The maximum Gasteiger partial charge on any atom is 0.226 e. The summed E-state index contributed by atoms with van der Waals surface area (Å²) in [5.41, 5.74) is 3.32. The second kappa shape index (κ2) is 4.28. The molecule has 1 aromatic heterocycles. The van der Waals surface area contributed by atoms with Gasteiger partial charge in [0.15, 0.2) is 5.78 Å². The summed E-state index contributed by atoms with van der Waals surface area (Å²) in [7, 11) is 0. The lowest BCUT2D eigenvalue weighted by Crippen LogP contribution is -2.45. The number of carbonyl (C=O) groups is 1. The Labute approximate surface area is 119 Å². The number of hydrogen-bond acceptors (Lipinski definition) is 2. The monoisotopic (exact) mass is 266 g/mol.